The number of nitrogens with one attached hydrogen (secondary N) is 1. The SMILES string of the molecule is COc1ccc(Cl)cc1NC(=O)C(C)n1cnc2scc(-c3cccc([N+](=O)[O-])c3)c2c1=O. The van der Waals surface area contributed by atoms with Crippen LogP contribution in [0.25, 0.3) is 21.3 Å². The quantitative estimate of drug-likeness (QED) is 0.307. The summed E-state index contributed by atoms with van der Waals surface area (Å²) >= 11 is 7.27. The van der Waals surface area contributed by atoms with E-state index in [9.17, 15) is 19.7 Å². The molecule has 1 unspecified atom stereocenters. The molecule has 0 aliphatic rings. The van der Waals surface area contributed by atoms with Crippen LogP contribution in [0.1, 0.15) is 13.0 Å². The number of fused-ring (bicyclic) bond motifs is 1. The van der Waals surface area contributed by atoms with Crippen molar-refractivity contribution in [1.29, 1.82) is 0 Å². The Balaban J connectivity index is 1.73. The zero-order chi connectivity index (χ0) is 23.7. The number of thiophene rings is 1. The van der Waals surface area contributed by atoms with Gasteiger partial charge < -0.3 is 10.1 Å². The monoisotopic (exact) mass is 484 g/mol. The lowest BCUT2D eigenvalue weighted by Crippen LogP contribution is -2.31. The fraction of sp³-hybridized carbons (Fsp3) is 0.136. The number of hydrogen-bond acceptors (Lipinski definition) is 7. The number of amides is 1. The second kappa shape index (κ2) is 9.00. The molecule has 0 aliphatic carbocycles. The van der Waals surface area contributed by atoms with E-state index >= 15 is 0 Å². The predicted octanol–water partition coefficient (Wildman–Crippen LogP) is 4.89. The van der Waals surface area contributed by atoms with Gasteiger partial charge in [-0.15, -0.1) is 11.3 Å². The molecule has 4 rings (SSSR count). The highest BCUT2D eigenvalue weighted by Gasteiger charge is 2.22. The third kappa shape index (κ3) is 4.30. The molecule has 0 spiro atoms. The van der Waals surface area contributed by atoms with E-state index in [1.54, 1.807) is 42.6 Å². The lowest BCUT2D eigenvalue weighted by Gasteiger charge is -2.16. The number of non-ortho nitro benzene ring substituents is 1. The maximum absolute atomic E-state index is 13.3. The highest BCUT2D eigenvalue weighted by molar-refractivity contribution is 7.17. The molecule has 0 aliphatic heterocycles. The Morgan fingerprint density at radius 2 is 2.09 bits per heavy atom. The van der Waals surface area contributed by atoms with Crippen molar-refractivity contribution >= 4 is 50.4 Å². The molecule has 2 aromatic heterocycles. The molecule has 0 saturated carbocycles. The summed E-state index contributed by atoms with van der Waals surface area (Å²) in [4.78, 5) is 41.7. The number of nitro benzene ring substituents is 1. The van der Waals surface area contributed by atoms with E-state index < -0.39 is 22.4 Å². The second-order valence-electron chi connectivity index (χ2n) is 7.10. The third-order valence-electron chi connectivity index (χ3n) is 5.10. The van der Waals surface area contributed by atoms with Crippen molar-refractivity contribution in [3.05, 3.63) is 79.7 Å². The molecule has 0 fully saturated rings. The molecule has 11 heteroatoms. The Morgan fingerprint density at radius 1 is 1.30 bits per heavy atom. The van der Waals surface area contributed by atoms with Crippen LogP contribution in [0.5, 0.6) is 5.75 Å². The molecule has 1 amide bonds. The maximum Gasteiger partial charge on any atom is 0.270 e. The summed E-state index contributed by atoms with van der Waals surface area (Å²) in [5.41, 5.74) is 0.905. The number of carbonyl (C=O) groups excluding carboxylic acids is 1. The van der Waals surface area contributed by atoms with E-state index in [2.05, 4.69) is 10.3 Å². The van der Waals surface area contributed by atoms with Crippen LogP contribution in [0.2, 0.25) is 5.02 Å². The molecular weight excluding hydrogens is 468 g/mol. The van der Waals surface area contributed by atoms with E-state index in [1.807, 2.05) is 0 Å². The minimum absolute atomic E-state index is 0.0840. The van der Waals surface area contributed by atoms with E-state index in [0.29, 0.717) is 37.8 Å². The number of benzene rings is 2. The fourth-order valence-corrected chi connectivity index (χ4v) is 4.44. The third-order valence-corrected chi connectivity index (χ3v) is 6.22. The molecule has 0 radical (unpaired) electrons. The lowest BCUT2D eigenvalue weighted by molar-refractivity contribution is -0.384. The first-order chi connectivity index (χ1) is 15.8. The van der Waals surface area contributed by atoms with Gasteiger partial charge in [-0.3, -0.25) is 24.3 Å². The number of aromatic nitrogens is 2. The predicted molar refractivity (Wildman–Crippen MR) is 127 cm³/mol. The van der Waals surface area contributed by atoms with Gasteiger partial charge in [0.05, 0.1) is 29.4 Å². The first kappa shape index (κ1) is 22.4. The van der Waals surface area contributed by atoms with Crippen LogP contribution in [-0.2, 0) is 4.79 Å². The highest BCUT2D eigenvalue weighted by atomic mass is 35.5. The second-order valence-corrected chi connectivity index (χ2v) is 8.40. The average molecular weight is 485 g/mol. The fourth-order valence-electron chi connectivity index (χ4n) is 3.36. The highest BCUT2D eigenvalue weighted by Crippen LogP contribution is 2.33. The van der Waals surface area contributed by atoms with Crippen molar-refractivity contribution in [2.75, 3.05) is 12.4 Å². The van der Waals surface area contributed by atoms with E-state index in [4.69, 9.17) is 16.3 Å². The number of carbonyl (C=O) groups is 1. The van der Waals surface area contributed by atoms with Crippen LogP contribution in [0.15, 0.2) is 59.0 Å². The molecule has 2 heterocycles. The van der Waals surface area contributed by atoms with Gasteiger partial charge in [0.25, 0.3) is 11.2 Å². The minimum Gasteiger partial charge on any atom is -0.495 e. The summed E-state index contributed by atoms with van der Waals surface area (Å²) < 4.78 is 6.47. The van der Waals surface area contributed by atoms with Gasteiger partial charge in [-0.2, -0.15) is 0 Å². The van der Waals surface area contributed by atoms with Crippen LogP contribution < -0.4 is 15.6 Å². The van der Waals surface area contributed by atoms with Crippen molar-refractivity contribution in [2.24, 2.45) is 0 Å². The number of hydrogen-bond donors (Lipinski definition) is 1. The molecule has 4 aromatic rings. The summed E-state index contributed by atoms with van der Waals surface area (Å²) in [5, 5.41) is 16.3. The standard InChI is InChI=1S/C22H17ClN4O5S/c1-12(20(28)25-17-9-14(23)6-7-18(17)32-2)26-11-24-21-19(22(26)29)16(10-33-21)13-4-3-5-15(8-13)27(30)31/h3-12H,1-2H3,(H,25,28). The first-order valence-corrected chi connectivity index (χ1v) is 10.9. The number of ether oxygens (including phenoxy) is 1. The van der Waals surface area contributed by atoms with Crippen molar-refractivity contribution in [3.63, 3.8) is 0 Å². The molecule has 1 N–H and O–H groups in total. The van der Waals surface area contributed by atoms with Crippen molar-refractivity contribution in [1.82, 2.24) is 9.55 Å². The van der Waals surface area contributed by atoms with Crippen LogP contribution in [0.4, 0.5) is 11.4 Å². The van der Waals surface area contributed by atoms with Crippen LogP contribution in [0.3, 0.4) is 0 Å². The largest absolute Gasteiger partial charge is 0.495 e. The molecule has 33 heavy (non-hydrogen) atoms. The normalized spacial score (nSPS) is 11.8. The number of anilines is 1. The molecule has 168 valence electrons. The Kier molecular flexibility index (Phi) is 6.12. The molecular formula is C22H17ClN4O5S. The Morgan fingerprint density at radius 3 is 2.82 bits per heavy atom. The summed E-state index contributed by atoms with van der Waals surface area (Å²) in [6.45, 7) is 1.57. The average Bonchev–Trinajstić information content (AvgIpc) is 3.24. The van der Waals surface area contributed by atoms with Gasteiger partial charge >= 0.3 is 0 Å². The number of nitrogens with zero attached hydrogens (tertiary/aromatic N) is 3. The van der Waals surface area contributed by atoms with Gasteiger partial charge in [0, 0.05) is 28.1 Å². The number of nitro groups is 1. The van der Waals surface area contributed by atoms with E-state index in [1.165, 1.54) is 41.5 Å². The lowest BCUT2D eigenvalue weighted by atomic mass is 10.1. The Hall–Kier alpha value is -3.76. The zero-order valence-corrected chi connectivity index (χ0v) is 19.0. The maximum atomic E-state index is 13.3. The number of methoxy groups -OCH3 is 1. The molecule has 2 aromatic carbocycles. The van der Waals surface area contributed by atoms with Crippen molar-refractivity contribution in [2.45, 2.75) is 13.0 Å². The Labute approximate surface area is 196 Å². The smallest absolute Gasteiger partial charge is 0.270 e. The summed E-state index contributed by atoms with van der Waals surface area (Å²) in [6.07, 6.45) is 1.32. The van der Waals surface area contributed by atoms with E-state index in [-0.39, 0.29) is 5.69 Å². The molecule has 9 nitrogen and oxygen atoms in total. The molecule has 1 atom stereocenters. The summed E-state index contributed by atoms with van der Waals surface area (Å²) in [6, 6.07) is 9.93. The number of rotatable bonds is 6. The topological polar surface area (TPSA) is 116 Å². The van der Waals surface area contributed by atoms with Crippen LogP contribution >= 0.6 is 22.9 Å². The van der Waals surface area contributed by atoms with E-state index in [0.717, 1.165) is 0 Å². The van der Waals surface area contributed by atoms with Crippen LogP contribution in [-0.4, -0.2) is 27.5 Å². The van der Waals surface area contributed by atoms with Gasteiger partial charge in [-0.05, 0) is 30.7 Å². The first-order valence-electron chi connectivity index (χ1n) is 9.67. The Bertz CT molecular complexity index is 1450. The van der Waals surface area contributed by atoms with Gasteiger partial charge in [-0.1, -0.05) is 23.7 Å². The zero-order valence-electron chi connectivity index (χ0n) is 17.4. The summed E-state index contributed by atoms with van der Waals surface area (Å²) in [7, 11) is 1.47. The molecule has 0 saturated heterocycles. The van der Waals surface area contributed by atoms with Gasteiger partial charge in [0.2, 0.25) is 5.91 Å². The van der Waals surface area contributed by atoms with Gasteiger partial charge in [0.15, 0.2) is 0 Å². The minimum atomic E-state index is -0.907. The van der Waals surface area contributed by atoms with Gasteiger partial charge in [0.1, 0.15) is 16.6 Å². The van der Waals surface area contributed by atoms with Crippen molar-refractivity contribution in [3.8, 4) is 16.9 Å². The summed E-state index contributed by atoms with van der Waals surface area (Å²) in [5.74, 6) is -0.0439. The number of halogens is 1. The van der Waals surface area contributed by atoms with Gasteiger partial charge in [-0.25, -0.2) is 4.98 Å². The molecule has 0 bridgehead atoms. The van der Waals surface area contributed by atoms with Crippen LogP contribution in [0, 0.1) is 10.1 Å². The van der Waals surface area contributed by atoms with Crippen molar-refractivity contribution < 1.29 is 14.5 Å².